The predicted octanol–water partition coefficient (Wildman–Crippen LogP) is 3.64. The van der Waals surface area contributed by atoms with Crippen LogP contribution < -0.4 is 10.1 Å². The summed E-state index contributed by atoms with van der Waals surface area (Å²) >= 11 is 0. The van der Waals surface area contributed by atoms with Gasteiger partial charge in [-0.2, -0.15) is 0 Å². The Balaban J connectivity index is 1.42. The van der Waals surface area contributed by atoms with E-state index in [0.717, 1.165) is 10.9 Å². The minimum Gasteiger partial charge on any atom is -0.484 e. The quantitative estimate of drug-likeness (QED) is 0.511. The van der Waals surface area contributed by atoms with Crippen molar-refractivity contribution in [3.63, 3.8) is 0 Å². The molecule has 2 aromatic heterocycles. The first-order valence-corrected chi connectivity index (χ1v) is 9.02. The number of amides is 1. The van der Waals surface area contributed by atoms with E-state index in [9.17, 15) is 9.59 Å². The molecule has 1 amide bonds. The molecule has 0 radical (unpaired) electrons. The molecule has 7 nitrogen and oxygen atoms in total. The molecular formula is C22H18N4O3. The van der Waals surface area contributed by atoms with Gasteiger partial charge in [-0.1, -0.05) is 18.2 Å². The average Bonchev–Trinajstić information content (AvgIpc) is 3.17. The van der Waals surface area contributed by atoms with Crippen LogP contribution in [0.15, 0.2) is 73.2 Å². The second kappa shape index (κ2) is 7.93. The summed E-state index contributed by atoms with van der Waals surface area (Å²) in [7, 11) is 0. The molecule has 0 atom stereocenters. The van der Waals surface area contributed by atoms with Gasteiger partial charge in [0.15, 0.2) is 12.4 Å². The number of carbonyl (C=O) groups is 2. The zero-order chi connectivity index (χ0) is 20.2. The number of carbonyl (C=O) groups excluding carboxylic acids is 2. The minimum absolute atomic E-state index is 0.0238. The highest BCUT2D eigenvalue weighted by molar-refractivity contribution is 5.94. The molecule has 0 aliphatic heterocycles. The fraction of sp³-hybridized carbons (Fsp3) is 0.0909. The maximum Gasteiger partial charge on any atom is 0.263 e. The molecule has 0 bridgehead atoms. The summed E-state index contributed by atoms with van der Waals surface area (Å²) in [6, 6.07) is 18.3. The predicted molar refractivity (Wildman–Crippen MR) is 109 cm³/mol. The van der Waals surface area contributed by atoms with E-state index in [1.165, 1.54) is 13.3 Å². The fourth-order valence-electron chi connectivity index (χ4n) is 2.94. The SMILES string of the molecule is CC(=O)c1ccc(OCC(=O)Nc2cc(-n3ccc4ccccc43)ncn2)cc1. The van der Waals surface area contributed by atoms with Gasteiger partial charge < -0.3 is 14.6 Å². The summed E-state index contributed by atoms with van der Waals surface area (Å²) in [6.07, 6.45) is 3.33. The van der Waals surface area contributed by atoms with Crippen LogP contribution in [0.2, 0.25) is 0 Å². The largest absolute Gasteiger partial charge is 0.484 e. The third kappa shape index (κ3) is 4.14. The number of para-hydroxylation sites is 1. The van der Waals surface area contributed by atoms with Gasteiger partial charge >= 0.3 is 0 Å². The number of hydrogen-bond acceptors (Lipinski definition) is 5. The number of nitrogens with one attached hydrogen (secondary N) is 1. The van der Waals surface area contributed by atoms with E-state index in [4.69, 9.17) is 4.74 Å². The van der Waals surface area contributed by atoms with Crippen LogP contribution in [0.3, 0.4) is 0 Å². The minimum atomic E-state index is -0.345. The Morgan fingerprint density at radius 2 is 1.83 bits per heavy atom. The monoisotopic (exact) mass is 386 g/mol. The van der Waals surface area contributed by atoms with Crippen molar-refractivity contribution in [1.82, 2.24) is 14.5 Å². The fourth-order valence-corrected chi connectivity index (χ4v) is 2.94. The van der Waals surface area contributed by atoms with Crippen LogP contribution in [0.5, 0.6) is 5.75 Å². The van der Waals surface area contributed by atoms with Crippen LogP contribution in [0.1, 0.15) is 17.3 Å². The van der Waals surface area contributed by atoms with Crippen molar-refractivity contribution in [2.75, 3.05) is 11.9 Å². The van der Waals surface area contributed by atoms with Gasteiger partial charge in [0.2, 0.25) is 0 Å². The molecule has 1 N–H and O–H groups in total. The summed E-state index contributed by atoms with van der Waals surface area (Å²) in [5, 5.41) is 3.81. The maximum atomic E-state index is 12.2. The lowest BCUT2D eigenvalue weighted by Gasteiger charge is -2.09. The lowest BCUT2D eigenvalue weighted by atomic mass is 10.1. The van der Waals surface area contributed by atoms with Gasteiger partial charge in [0.05, 0.1) is 5.52 Å². The third-order valence-electron chi connectivity index (χ3n) is 4.40. The number of benzene rings is 2. The average molecular weight is 386 g/mol. The van der Waals surface area contributed by atoms with Crippen molar-refractivity contribution in [1.29, 1.82) is 0 Å². The van der Waals surface area contributed by atoms with Crippen LogP contribution in [0.25, 0.3) is 16.7 Å². The first-order valence-electron chi connectivity index (χ1n) is 9.02. The van der Waals surface area contributed by atoms with E-state index in [0.29, 0.717) is 22.9 Å². The summed E-state index contributed by atoms with van der Waals surface area (Å²) < 4.78 is 7.39. The van der Waals surface area contributed by atoms with Gasteiger partial charge in [-0.15, -0.1) is 0 Å². The topological polar surface area (TPSA) is 86.1 Å². The molecule has 4 aromatic rings. The van der Waals surface area contributed by atoms with Crippen LogP contribution in [-0.2, 0) is 4.79 Å². The molecule has 29 heavy (non-hydrogen) atoms. The highest BCUT2D eigenvalue weighted by atomic mass is 16.5. The van der Waals surface area contributed by atoms with Crippen molar-refractivity contribution in [3.8, 4) is 11.6 Å². The molecule has 0 aliphatic carbocycles. The van der Waals surface area contributed by atoms with E-state index in [1.807, 2.05) is 41.1 Å². The number of ketones is 1. The van der Waals surface area contributed by atoms with Crippen molar-refractivity contribution >= 4 is 28.4 Å². The molecular weight excluding hydrogens is 368 g/mol. The van der Waals surface area contributed by atoms with Crippen LogP contribution in [-0.4, -0.2) is 32.8 Å². The number of anilines is 1. The first kappa shape index (κ1) is 18.4. The Kier molecular flexibility index (Phi) is 5.03. The van der Waals surface area contributed by atoms with Crippen molar-refractivity contribution < 1.29 is 14.3 Å². The molecule has 0 saturated carbocycles. The van der Waals surface area contributed by atoms with Crippen molar-refractivity contribution in [2.24, 2.45) is 0 Å². The highest BCUT2D eigenvalue weighted by Crippen LogP contribution is 2.20. The number of rotatable bonds is 6. The Labute approximate surface area is 167 Å². The van der Waals surface area contributed by atoms with E-state index in [1.54, 1.807) is 30.3 Å². The second-order valence-electron chi connectivity index (χ2n) is 6.42. The lowest BCUT2D eigenvalue weighted by Crippen LogP contribution is -2.21. The molecule has 7 heteroatoms. The Morgan fingerprint density at radius 1 is 1.03 bits per heavy atom. The zero-order valence-corrected chi connectivity index (χ0v) is 15.7. The van der Waals surface area contributed by atoms with E-state index in [-0.39, 0.29) is 18.3 Å². The van der Waals surface area contributed by atoms with Crippen LogP contribution >= 0.6 is 0 Å². The van der Waals surface area contributed by atoms with Gasteiger partial charge in [0.1, 0.15) is 23.7 Å². The van der Waals surface area contributed by atoms with Gasteiger partial charge in [0.25, 0.3) is 5.91 Å². The molecule has 2 heterocycles. The number of fused-ring (bicyclic) bond motifs is 1. The van der Waals surface area contributed by atoms with Gasteiger partial charge in [-0.05, 0) is 48.7 Å². The summed E-state index contributed by atoms with van der Waals surface area (Å²) in [6.45, 7) is 1.32. The highest BCUT2D eigenvalue weighted by Gasteiger charge is 2.09. The van der Waals surface area contributed by atoms with Gasteiger partial charge in [-0.3, -0.25) is 9.59 Å². The zero-order valence-electron chi connectivity index (χ0n) is 15.7. The van der Waals surface area contributed by atoms with Crippen LogP contribution in [0.4, 0.5) is 5.82 Å². The van der Waals surface area contributed by atoms with Gasteiger partial charge in [-0.25, -0.2) is 9.97 Å². The summed E-state index contributed by atoms with van der Waals surface area (Å²) in [5.74, 6) is 1.17. The van der Waals surface area contributed by atoms with E-state index >= 15 is 0 Å². The molecule has 0 fully saturated rings. The molecule has 0 spiro atoms. The van der Waals surface area contributed by atoms with E-state index in [2.05, 4.69) is 15.3 Å². The third-order valence-corrected chi connectivity index (χ3v) is 4.40. The van der Waals surface area contributed by atoms with Crippen LogP contribution in [0, 0.1) is 0 Å². The maximum absolute atomic E-state index is 12.2. The second-order valence-corrected chi connectivity index (χ2v) is 6.42. The van der Waals surface area contributed by atoms with Crippen molar-refractivity contribution in [2.45, 2.75) is 6.92 Å². The molecule has 2 aromatic carbocycles. The lowest BCUT2D eigenvalue weighted by molar-refractivity contribution is -0.118. The van der Waals surface area contributed by atoms with Gasteiger partial charge in [0, 0.05) is 17.8 Å². The number of aromatic nitrogens is 3. The standard InChI is InChI=1S/C22H18N4O3/c1-15(27)16-6-8-18(9-7-16)29-13-22(28)25-20-12-21(24-14-23-20)26-11-10-17-4-2-3-5-19(17)26/h2-12,14H,13H2,1H3,(H,23,24,25,28). The molecule has 4 rings (SSSR count). The number of hydrogen-bond donors (Lipinski definition) is 1. The molecule has 0 saturated heterocycles. The number of Topliss-reactive ketones (excluding diaryl/α,β-unsaturated/α-hetero) is 1. The normalized spacial score (nSPS) is 10.7. The first-order chi connectivity index (χ1) is 14.1. The van der Waals surface area contributed by atoms with Crippen molar-refractivity contribution in [3.05, 3.63) is 78.8 Å². The number of nitrogens with zero attached hydrogens (tertiary/aromatic N) is 3. The molecule has 144 valence electrons. The number of ether oxygens (including phenoxy) is 1. The Hall–Kier alpha value is -4.00. The smallest absolute Gasteiger partial charge is 0.263 e. The molecule has 0 unspecified atom stereocenters. The van der Waals surface area contributed by atoms with E-state index < -0.39 is 0 Å². The summed E-state index contributed by atoms with van der Waals surface area (Å²) in [5.41, 5.74) is 1.61. The molecule has 0 aliphatic rings. The Morgan fingerprint density at radius 3 is 2.62 bits per heavy atom. The Bertz CT molecular complexity index is 1180. The summed E-state index contributed by atoms with van der Waals surface area (Å²) in [4.78, 5) is 31.9.